The second kappa shape index (κ2) is 9.49. The lowest BCUT2D eigenvalue weighted by Gasteiger charge is -2.55. The summed E-state index contributed by atoms with van der Waals surface area (Å²) in [5.74, 6) is 2.72. The zero-order chi connectivity index (χ0) is 25.8. The van der Waals surface area contributed by atoms with E-state index in [1.807, 2.05) is 6.07 Å². The summed E-state index contributed by atoms with van der Waals surface area (Å²) in [6.45, 7) is 10.9. The predicted octanol–water partition coefficient (Wildman–Crippen LogP) is 8.26. The molecule has 200 valence electrons. The van der Waals surface area contributed by atoms with Gasteiger partial charge in [0.2, 0.25) is 0 Å². The van der Waals surface area contributed by atoms with Crippen molar-refractivity contribution in [3.8, 4) is 0 Å². The summed E-state index contributed by atoms with van der Waals surface area (Å²) >= 11 is 0. The molecule has 3 nitrogen and oxygen atoms in total. The van der Waals surface area contributed by atoms with Crippen LogP contribution in [0.15, 0.2) is 47.6 Å². The minimum Gasteiger partial charge on any atom is -0.349 e. The van der Waals surface area contributed by atoms with Crippen molar-refractivity contribution in [2.45, 2.75) is 97.2 Å². The zero-order valence-corrected chi connectivity index (χ0v) is 23.4. The fourth-order valence-electron chi connectivity index (χ4n) is 9.03. The highest BCUT2D eigenvalue weighted by Crippen LogP contribution is 2.66. The average molecular weight is 503 g/mol. The van der Waals surface area contributed by atoms with Crippen LogP contribution in [0.3, 0.4) is 0 Å². The molecule has 0 N–H and O–H groups in total. The van der Waals surface area contributed by atoms with E-state index < -0.39 is 0 Å². The summed E-state index contributed by atoms with van der Waals surface area (Å²) in [5.41, 5.74) is 6.08. The number of carbonyl (C=O) groups is 1. The molecule has 3 heteroatoms. The Balaban J connectivity index is 1.39. The van der Waals surface area contributed by atoms with Crippen molar-refractivity contribution in [2.24, 2.45) is 34.5 Å². The molecule has 5 aliphatic rings. The number of hydrogen-bond acceptors (Lipinski definition) is 3. The molecule has 1 aliphatic heterocycles. The Morgan fingerprint density at radius 2 is 1.84 bits per heavy atom. The van der Waals surface area contributed by atoms with Gasteiger partial charge in [0, 0.05) is 29.7 Å². The van der Waals surface area contributed by atoms with E-state index in [0.29, 0.717) is 29.1 Å². The molecule has 4 fully saturated rings. The number of fused-ring (bicyclic) bond motifs is 4. The van der Waals surface area contributed by atoms with Crippen LogP contribution in [0.25, 0.3) is 0 Å². The van der Waals surface area contributed by atoms with Gasteiger partial charge in [-0.3, -0.25) is 4.79 Å². The summed E-state index contributed by atoms with van der Waals surface area (Å²) in [5, 5.41) is 0. The Labute approximate surface area is 224 Å². The number of carbonyl (C=O) groups excluding carboxylic acids is 1. The van der Waals surface area contributed by atoms with Gasteiger partial charge in [-0.05, 0) is 85.7 Å². The molecule has 0 aromatic heterocycles. The second-order valence-corrected chi connectivity index (χ2v) is 13.9. The third kappa shape index (κ3) is 4.39. The molecule has 6 atom stereocenters. The van der Waals surface area contributed by atoms with Gasteiger partial charge in [0.05, 0.1) is 13.2 Å². The highest BCUT2D eigenvalue weighted by molar-refractivity contribution is 5.75. The number of ether oxygens (including phenoxy) is 2. The monoisotopic (exact) mass is 502 g/mol. The molecule has 1 saturated heterocycles. The minimum absolute atomic E-state index is 0.107. The van der Waals surface area contributed by atoms with Gasteiger partial charge in [0.1, 0.15) is 6.29 Å². The molecule has 3 saturated carbocycles. The first-order chi connectivity index (χ1) is 17.8. The van der Waals surface area contributed by atoms with Crippen molar-refractivity contribution in [1.29, 1.82) is 0 Å². The van der Waals surface area contributed by atoms with Crippen molar-refractivity contribution in [2.75, 3.05) is 13.2 Å². The molecule has 1 aromatic rings. The van der Waals surface area contributed by atoms with E-state index in [1.54, 1.807) is 11.1 Å². The van der Waals surface area contributed by atoms with E-state index in [4.69, 9.17) is 9.47 Å². The second-order valence-electron chi connectivity index (χ2n) is 13.9. The third-order valence-corrected chi connectivity index (χ3v) is 10.9. The Morgan fingerprint density at radius 3 is 2.59 bits per heavy atom. The lowest BCUT2D eigenvalue weighted by Crippen LogP contribution is -2.51. The van der Waals surface area contributed by atoms with Gasteiger partial charge >= 0.3 is 0 Å². The molecule has 37 heavy (non-hydrogen) atoms. The van der Waals surface area contributed by atoms with Crippen molar-refractivity contribution < 1.29 is 14.3 Å². The summed E-state index contributed by atoms with van der Waals surface area (Å²) in [7, 11) is 0. The van der Waals surface area contributed by atoms with Gasteiger partial charge in [-0.15, -0.1) is 0 Å². The van der Waals surface area contributed by atoms with Crippen molar-refractivity contribution >= 4 is 6.29 Å². The van der Waals surface area contributed by atoms with Crippen LogP contribution < -0.4 is 0 Å². The number of aldehydes is 1. The van der Waals surface area contributed by atoms with Gasteiger partial charge in [0.15, 0.2) is 5.79 Å². The maximum Gasteiger partial charge on any atom is 0.169 e. The Hall–Kier alpha value is -1.71. The number of allylic oxidation sites excluding steroid dienone is 4. The molecule has 0 radical (unpaired) electrons. The lowest BCUT2D eigenvalue weighted by molar-refractivity contribution is -0.312. The van der Waals surface area contributed by atoms with Crippen LogP contribution in [0.5, 0.6) is 0 Å². The first-order valence-corrected chi connectivity index (χ1v) is 15.0. The number of benzene rings is 1. The van der Waals surface area contributed by atoms with Gasteiger partial charge in [-0.25, -0.2) is 0 Å². The third-order valence-electron chi connectivity index (χ3n) is 10.9. The van der Waals surface area contributed by atoms with Crippen molar-refractivity contribution in [3.63, 3.8) is 0 Å². The maximum absolute atomic E-state index is 11.7. The predicted molar refractivity (Wildman–Crippen MR) is 148 cm³/mol. The normalized spacial score (nSPS) is 38.3. The van der Waals surface area contributed by atoms with Crippen molar-refractivity contribution in [1.82, 2.24) is 0 Å². The quantitative estimate of drug-likeness (QED) is 0.307. The van der Waals surface area contributed by atoms with Crippen LogP contribution in [0.1, 0.15) is 107 Å². The molecule has 1 spiro atoms. The molecule has 1 heterocycles. The molecule has 4 aliphatic carbocycles. The summed E-state index contributed by atoms with van der Waals surface area (Å²) in [6, 6.07) is 8.52. The smallest absolute Gasteiger partial charge is 0.169 e. The van der Waals surface area contributed by atoms with Gasteiger partial charge in [0.25, 0.3) is 0 Å². The fourth-order valence-corrected chi connectivity index (χ4v) is 9.03. The van der Waals surface area contributed by atoms with Crippen LogP contribution in [0, 0.1) is 34.5 Å². The Kier molecular flexibility index (Phi) is 6.55. The van der Waals surface area contributed by atoms with E-state index in [9.17, 15) is 4.79 Å². The lowest BCUT2D eigenvalue weighted by atomic mass is 9.51. The van der Waals surface area contributed by atoms with Gasteiger partial charge < -0.3 is 9.47 Å². The summed E-state index contributed by atoms with van der Waals surface area (Å²) in [4.78, 5) is 11.7. The van der Waals surface area contributed by atoms with Crippen LogP contribution in [0.2, 0.25) is 0 Å². The molecule has 0 amide bonds. The molecule has 6 unspecified atom stereocenters. The minimum atomic E-state index is -0.378. The van der Waals surface area contributed by atoms with E-state index in [1.165, 1.54) is 37.7 Å². The van der Waals surface area contributed by atoms with E-state index >= 15 is 0 Å². The standard InChI is InChI=1S/C34H46O3/c1-5-6-10-26-12-14-30-28-13-11-25-18-34(36-21-32(2,3)22-37-34)16-15-27(25)31(28)29(19-33(26,30)4)24-9-7-8-23(17-24)20-35/h6-10,17,20,25-26,28-30H,5,11-16,18-19,21-22H2,1-4H3/b10-6+. The number of hydrogen-bond donors (Lipinski definition) is 0. The van der Waals surface area contributed by atoms with Crippen LogP contribution in [0.4, 0.5) is 0 Å². The highest BCUT2D eigenvalue weighted by Gasteiger charge is 2.57. The van der Waals surface area contributed by atoms with Crippen LogP contribution >= 0.6 is 0 Å². The Bertz CT molecular complexity index is 1090. The van der Waals surface area contributed by atoms with Crippen LogP contribution in [-0.4, -0.2) is 25.3 Å². The van der Waals surface area contributed by atoms with Gasteiger partial charge in [-0.2, -0.15) is 0 Å². The van der Waals surface area contributed by atoms with Gasteiger partial charge in [-0.1, -0.05) is 69.2 Å². The zero-order valence-electron chi connectivity index (χ0n) is 23.4. The Morgan fingerprint density at radius 1 is 1.03 bits per heavy atom. The number of rotatable bonds is 4. The van der Waals surface area contributed by atoms with E-state index in [2.05, 4.69) is 58.0 Å². The van der Waals surface area contributed by atoms with E-state index in [0.717, 1.165) is 56.7 Å². The summed E-state index contributed by atoms with van der Waals surface area (Å²) < 4.78 is 13.0. The molecule has 1 aromatic carbocycles. The molecule has 0 bridgehead atoms. The maximum atomic E-state index is 11.7. The first kappa shape index (κ1) is 25.6. The molecular formula is C34H46O3. The molecule has 6 rings (SSSR count). The van der Waals surface area contributed by atoms with Crippen molar-refractivity contribution in [3.05, 3.63) is 58.7 Å². The fraction of sp³-hybridized carbons (Fsp3) is 0.676. The average Bonchev–Trinajstić information content (AvgIpc) is 3.24. The first-order valence-electron chi connectivity index (χ1n) is 15.0. The highest BCUT2D eigenvalue weighted by atomic mass is 16.7. The SMILES string of the molecule is CC/C=C/C1CCC2C3CCC4CC5(CCC4=C3C(c3cccc(C=O)c3)CC12C)OCC(C)(C)CO5. The topological polar surface area (TPSA) is 35.5 Å². The van der Waals surface area contributed by atoms with Crippen LogP contribution in [-0.2, 0) is 9.47 Å². The molecular weight excluding hydrogens is 456 g/mol. The largest absolute Gasteiger partial charge is 0.349 e. The summed E-state index contributed by atoms with van der Waals surface area (Å²) in [6.07, 6.45) is 16.6. The van der Waals surface area contributed by atoms with E-state index in [-0.39, 0.29) is 11.2 Å².